The lowest BCUT2D eigenvalue weighted by atomic mass is 10.0. The minimum atomic E-state index is -0.976. The first-order valence-corrected chi connectivity index (χ1v) is 8.59. The van der Waals surface area contributed by atoms with E-state index in [0.717, 1.165) is 5.56 Å². The molecule has 1 saturated carbocycles. The summed E-state index contributed by atoms with van der Waals surface area (Å²) < 4.78 is 10.0. The van der Waals surface area contributed by atoms with Gasteiger partial charge in [-0.25, -0.2) is 9.59 Å². The highest BCUT2D eigenvalue weighted by Crippen LogP contribution is 2.36. The number of carbonyl (C=O) groups is 3. The van der Waals surface area contributed by atoms with Crippen molar-refractivity contribution in [1.82, 2.24) is 10.6 Å². The number of alkyl carbamates (subject to hydrolysis) is 1. The number of hydrogen-bond donors (Lipinski definition) is 2. The van der Waals surface area contributed by atoms with Crippen LogP contribution >= 0.6 is 0 Å². The second kappa shape index (κ2) is 7.76. The third-order valence-electron chi connectivity index (χ3n) is 3.98. The molecule has 2 rings (SSSR count). The summed E-state index contributed by atoms with van der Waals surface area (Å²) in [5.41, 5.74) is -0.774. The third-order valence-corrected chi connectivity index (χ3v) is 3.98. The van der Waals surface area contributed by atoms with Crippen LogP contribution in [0.4, 0.5) is 4.79 Å². The molecule has 1 unspecified atom stereocenters. The molecule has 0 aromatic heterocycles. The Morgan fingerprint density at radius 1 is 1.15 bits per heavy atom. The van der Waals surface area contributed by atoms with Gasteiger partial charge < -0.3 is 20.1 Å². The maximum absolute atomic E-state index is 12.7. The zero-order valence-corrected chi connectivity index (χ0v) is 15.6. The normalized spacial score (nSPS) is 16.2. The van der Waals surface area contributed by atoms with Crippen molar-refractivity contribution in [2.24, 2.45) is 0 Å². The van der Waals surface area contributed by atoms with E-state index in [1.165, 1.54) is 7.11 Å². The molecule has 0 saturated heterocycles. The Labute approximate surface area is 153 Å². The van der Waals surface area contributed by atoms with Gasteiger partial charge in [-0.05, 0) is 39.2 Å². The number of methoxy groups -OCH3 is 1. The van der Waals surface area contributed by atoms with E-state index in [4.69, 9.17) is 9.47 Å². The zero-order valence-electron chi connectivity index (χ0n) is 15.6. The summed E-state index contributed by atoms with van der Waals surface area (Å²) in [5.74, 6) is -0.913. The number of nitrogens with one attached hydrogen (secondary N) is 2. The highest BCUT2D eigenvalue weighted by molar-refractivity contribution is 5.93. The van der Waals surface area contributed by atoms with Crippen LogP contribution in [-0.2, 0) is 25.5 Å². The SMILES string of the molecule is COC(=O)C1(NC(=O)C(Cc2ccccc2)NC(=O)OC(C)(C)C)CC1. The Morgan fingerprint density at radius 2 is 1.77 bits per heavy atom. The van der Waals surface area contributed by atoms with Gasteiger partial charge in [0.1, 0.15) is 17.2 Å². The number of rotatable bonds is 6. The van der Waals surface area contributed by atoms with Crippen LogP contribution < -0.4 is 10.6 Å². The minimum Gasteiger partial charge on any atom is -0.467 e. The summed E-state index contributed by atoms with van der Waals surface area (Å²) in [7, 11) is 1.29. The molecule has 7 nitrogen and oxygen atoms in total. The summed E-state index contributed by atoms with van der Waals surface area (Å²) in [4.78, 5) is 36.7. The molecule has 1 aliphatic carbocycles. The van der Waals surface area contributed by atoms with E-state index in [1.54, 1.807) is 20.8 Å². The van der Waals surface area contributed by atoms with Crippen molar-refractivity contribution in [3.8, 4) is 0 Å². The average molecular weight is 362 g/mol. The molecular weight excluding hydrogens is 336 g/mol. The Kier molecular flexibility index (Phi) is 5.90. The topological polar surface area (TPSA) is 93.7 Å². The van der Waals surface area contributed by atoms with Gasteiger partial charge in [-0.1, -0.05) is 30.3 Å². The Hall–Kier alpha value is -2.57. The van der Waals surface area contributed by atoms with E-state index in [0.29, 0.717) is 12.8 Å². The molecule has 1 aliphatic rings. The molecule has 2 N–H and O–H groups in total. The number of benzene rings is 1. The maximum atomic E-state index is 12.7. The van der Waals surface area contributed by atoms with Gasteiger partial charge in [0, 0.05) is 6.42 Å². The van der Waals surface area contributed by atoms with Gasteiger partial charge in [-0.2, -0.15) is 0 Å². The van der Waals surface area contributed by atoms with E-state index in [1.807, 2.05) is 30.3 Å². The number of hydrogen-bond acceptors (Lipinski definition) is 5. The zero-order chi connectivity index (χ0) is 19.4. The second-order valence-electron chi connectivity index (χ2n) is 7.45. The van der Waals surface area contributed by atoms with Crippen LogP contribution in [-0.4, -0.2) is 42.3 Å². The van der Waals surface area contributed by atoms with Crippen molar-refractivity contribution < 1.29 is 23.9 Å². The van der Waals surface area contributed by atoms with E-state index in [-0.39, 0.29) is 6.42 Å². The first-order valence-electron chi connectivity index (χ1n) is 8.59. The lowest BCUT2D eigenvalue weighted by Gasteiger charge is -2.25. The molecule has 0 spiro atoms. The highest BCUT2D eigenvalue weighted by Gasteiger charge is 2.53. The Bertz CT molecular complexity index is 662. The summed E-state index contributed by atoms with van der Waals surface area (Å²) in [5, 5.41) is 5.33. The van der Waals surface area contributed by atoms with Crippen LogP contribution in [0.5, 0.6) is 0 Å². The molecular formula is C19H26N2O5. The van der Waals surface area contributed by atoms with Crippen molar-refractivity contribution >= 4 is 18.0 Å². The number of carbonyl (C=O) groups excluding carboxylic acids is 3. The fraction of sp³-hybridized carbons (Fsp3) is 0.526. The first-order chi connectivity index (χ1) is 12.1. The van der Waals surface area contributed by atoms with Crippen LogP contribution in [0.1, 0.15) is 39.2 Å². The van der Waals surface area contributed by atoms with Crippen LogP contribution in [0.3, 0.4) is 0 Å². The predicted octanol–water partition coefficient (Wildman–Crippen LogP) is 1.94. The van der Waals surface area contributed by atoms with E-state index in [9.17, 15) is 14.4 Å². The van der Waals surface area contributed by atoms with Gasteiger partial charge in [0.05, 0.1) is 7.11 Å². The van der Waals surface area contributed by atoms with Gasteiger partial charge in [-0.15, -0.1) is 0 Å². The largest absolute Gasteiger partial charge is 0.467 e. The highest BCUT2D eigenvalue weighted by atomic mass is 16.6. The monoisotopic (exact) mass is 362 g/mol. The first kappa shape index (κ1) is 19.8. The van der Waals surface area contributed by atoms with Gasteiger partial charge >= 0.3 is 12.1 Å². The smallest absolute Gasteiger partial charge is 0.408 e. The molecule has 142 valence electrons. The van der Waals surface area contributed by atoms with Gasteiger partial charge in [0.25, 0.3) is 0 Å². The molecule has 0 aliphatic heterocycles. The van der Waals surface area contributed by atoms with Crippen molar-refractivity contribution in [2.75, 3.05) is 7.11 Å². The van der Waals surface area contributed by atoms with Crippen molar-refractivity contribution in [2.45, 2.75) is 57.2 Å². The fourth-order valence-electron chi connectivity index (χ4n) is 2.53. The summed E-state index contributed by atoms with van der Waals surface area (Å²) in [6, 6.07) is 8.45. The van der Waals surface area contributed by atoms with Crippen molar-refractivity contribution in [3.63, 3.8) is 0 Å². The van der Waals surface area contributed by atoms with E-state index < -0.39 is 35.2 Å². The van der Waals surface area contributed by atoms with Gasteiger partial charge in [-0.3, -0.25) is 4.79 Å². The second-order valence-corrected chi connectivity index (χ2v) is 7.45. The fourth-order valence-corrected chi connectivity index (χ4v) is 2.53. The quantitative estimate of drug-likeness (QED) is 0.755. The van der Waals surface area contributed by atoms with Crippen molar-refractivity contribution in [3.05, 3.63) is 35.9 Å². The number of amides is 2. The summed E-state index contributed by atoms with van der Waals surface area (Å²) in [6.45, 7) is 5.24. The Morgan fingerprint density at radius 3 is 2.27 bits per heavy atom. The summed E-state index contributed by atoms with van der Waals surface area (Å²) >= 11 is 0. The summed E-state index contributed by atoms with van der Waals surface area (Å²) in [6.07, 6.45) is 0.645. The van der Waals surface area contributed by atoms with E-state index >= 15 is 0 Å². The van der Waals surface area contributed by atoms with Crippen LogP contribution in [0.15, 0.2) is 30.3 Å². The molecule has 1 fully saturated rings. The Balaban J connectivity index is 2.10. The lowest BCUT2D eigenvalue weighted by molar-refractivity contribution is -0.146. The molecule has 2 amide bonds. The van der Waals surface area contributed by atoms with Crippen LogP contribution in [0.25, 0.3) is 0 Å². The van der Waals surface area contributed by atoms with Crippen molar-refractivity contribution in [1.29, 1.82) is 0 Å². The van der Waals surface area contributed by atoms with Crippen LogP contribution in [0, 0.1) is 0 Å². The minimum absolute atomic E-state index is 0.281. The van der Waals surface area contributed by atoms with Gasteiger partial charge in [0.2, 0.25) is 5.91 Å². The third kappa shape index (κ3) is 5.47. The van der Waals surface area contributed by atoms with Gasteiger partial charge in [0.15, 0.2) is 0 Å². The molecule has 0 bridgehead atoms. The average Bonchev–Trinajstić information content (AvgIpc) is 3.33. The molecule has 0 heterocycles. The lowest BCUT2D eigenvalue weighted by Crippen LogP contribution is -2.54. The molecule has 0 radical (unpaired) electrons. The molecule has 1 aromatic rings. The molecule has 1 aromatic carbocycles. The number of ether oxygens (including phenoxy) is 2. The van der Waals surface area contributed by atoms with Crippen LogP contribution in [0.2, 0.25) is 0 Å². The standard InChI is InChI=1S/C19H26N2O5/c1-18(2,3)26-17(24)20-14(12-13-8-6-5-7-9-13)15(22)21-19(10-11-19)16(23)25-4/h5-9,14H,10-12H2,1-4H3,(H,20,24)(H,21,22). The predicted molar refractivity (Wildman–Crippen MR) is 95.4 cm³/mol. The molecule has 26 heavy (non-hydrogen) atoms. The molecule has 1 atom stereocenters. The maximum Gasteiger partial charge on any atom is 0.408 e. The number of esters is 1. The van der Waals surface area contributed by atoms with E-state index in [2.05, 4.69) is 10.6 Å². The molecule has 7 heteroatoms.